The summed E-state index contributed by atoms with van der Waals surface area (Å²) in [6.07, 6.45) is 0. The van der Waals surface area contributed by atoms with Crippen molar-refractivity contribution < 1.29 is 4.39 Å². The van der Waals surface area contributed by atoms with Crippen molar-refractivity contribution in [3.8, 4) is 0 Å². The molecule has 2 N–H and O–H groups in total. The fourth-order valence-electron chi connectivity index (χ4n) is 0.773. The van der Waals surface area contributed by atoms with E-state index < -0.39 is 0 Å². The molecule has 1 unspecified atom stereocenters. The summed E-state index contributed by atoms with van der Waals surface area (Å²) in [7, 11) is 0. The predicted molar refractivity (Wildman–Crippen MR) is 37.8 cm³/mol. The number of hydrogen-bond donors (Lipinski definition) is 1. The molecule has 0 fully saturated rings. The second-order valence-corrected chi connectivity index (χ2v) is 2.24. The number of halogens is 1. The number of rotatable bonds is 1. The lowest BCUT2D eigenvalue weighted by Gasteiger charge is -2.04. The smallest absolute Gasteiger partial charge is 0.128 e. The van der Waals surface area contributed by atoms with Crippen LogP contribution in [0.4, 0.5) is 4.39 Å². The van der Waals surface area contributed by atoms with Gasteiger partial charge in [0, 0.05) is 11.6 Å². The van der Waals surface area contributed by atoms with Gasteiger partial charge in [-0.1, -0.05) is 6.07 Å². The molecule has 0 aromatic heterocycles. The fourth-order valence-corrected chi connectivity index (χ4v) is 0.773. The third-order valence-corrected chi connectivity index (χ3v) is 1.33. The molecule has 1 radical (unpaired) electrons. The Balaban J connectivity index is 3.03. The van der Waals surface area contributed by atoms with Gasteiger partial charge in [0.2, 0.25) is 0 Å². The van der Waals surface area contributed by atoms with Crippen LogP contribution in [0.15, 0.2) is 18.2 Å². The van der Waals surface area contributed by atoms with E-state index in [1.165, 1.54) is 12.1 Å². The monoisotopic (exact) mass is 138 g/mol. The van der Waals surface area contributed by atoms with Crippen LogP contribution in [0.3, 0.4) is 0 Å². The van der Waals surface area contributed by atoms with E-state index >= 15 is 0 Å². The zero-order valence-corrected chi connectivity index (χ0v) is 5.76. The summed E-state index contributed by atoms with van der Waals surface area (Å²) in [6, 6.07) is 6.97. The topological polar surface area (TPSA) is 26.0 Å². The Morgan fingerprint density at radius 1 is 1.70 bits per heavy atom. The van der Waals surface area contributed by atoms with E-state index in [9.17, 15) is 4.39 Å². The molecule has 0 spiro atoms. The normalized spacial score (nSPS) is 13.1. The first-order valence-corrected chi connectivity index (χ1v) is 3.13. The van der Waals surface area contributed by atoms with E-state index in [2.05, 4.69) is 6.07 Å². The van der Waals surface area contributed by atoms with Gasteiger partial charge < -0.3 is 5.73 Å². The minimum atomic E-state index is -0.256. The number of hydrogen-bond acceptors (Lipinski definition) is 1. The lowest BCUT2D eigenvalue weighted by atomic mass is 10.1. The fraction of sp³-hybridized carbons (Fsp3) is 0.250. The molecule has 1 rings (SSSR count). The maximum Gasteiger partial charge on any atom is 0.128 e. The Labute approximate surface area is 59.7 Å². The van der Waals surface area contributed by atoms with Gasteiger partial charge in [-0.15, -0.1) is 0 Å². The van der Waals surface area contributed by atoms with Crippen LogP contribution in [-0.4, -0.2) is 0 Å². The third kappa shape index (κ3) is 1.33. The highest BCUT2D eigenvalue weighted by atomic mass is 19.1. The summed E-state index contributed by atoms with van der Waals surface area (Å²) in [5.74, 6) is -0.256. The Morgan fingerprint density at radius 2 is 2.40 bits per heavy atom. The maximum absolute atomic E-state index is 12.7. The second-order valence-electron chi connectivity index (χ2n) is 2.24. The van der Waals surface area contributed by atoms with Crippen LogP contribution >= 0.6 is 0 Å². The highest BCUT2D eigenvalue weighted by molar-refractivity contribution is 5.18. The van der Waals surface area contributed by atoms with Gasteiger partial charge in [-0.05, 0) is 25.1 Å². The first-order chi connectivity index (χ1) is 4.72. The molecule has 0 heterocycles. The zero-order chi connectivity index (χ0) is 7.56. The van der Waals surface area contributed by atoms with Gasteiger partial charge in [-0.2, -0.15) is 0 Å². The van der Waals surface area contributed by atoms with E-state index in [1.54, 1.807) is 13.0 Å². The first-order valence-electron chi connectivity index (χ1n) is 3.13. The lowest BCUT2D eigenvalue weighted by Crippen LogP contribution is -2.06. The van der Waals surface area contributed by atoms with Crippen molar-refractivity contribution >= 4 is 0 Å². The number of benzene rings is 1. The molecule has 10 heavy (non-hydrogen) atoms. The standard InChI is InChI=1S/C8H9FN/c1-6(10)7-4-2-3-5-8(7)9/h3-6H,10H2,1H3. The van der Waals surface area contributed by atoms with E-state index in [-0.39, 0.29) is 11.9 Å². The molecule has 0 amide bonds. The molecule has 0 aliphatic heterocycles. The minimum Gasteiger partial charge on any atom is -0.324 e. The lowest BCUT2D eigenvalue weighted by molar-refractivity contribution is 0.593. The molecule has 0 saturated carbocycles. The van der Waals surface area contributed by atoms with Crippen molar-refractivity contribution in [3.05, 3.63) is 35.6 Å². The van der Waals surface area contributed by atoms with Crippen molar-refractivity contribution in [1.82, 2.24) is 0 Å². The average Bonchev–Trinajstić information content (AvgIpc) is 1.88. The van der Waals surface area contributed by atoms with Crippen molar-refractivity contribution in [1.29, 1.82) is 0 Å². The van der Waals surface area contributed by atoms with E-state index in [4.69, 9.17) is 5.73 Å². The van der Waals surface area contributed by atoms with Gasteiger partial charge in [0.1, 0.15) is 5.82 Å². The predicted octanol–water partition coefficient (Wildman–Crippen LogP) is 1.65. The molecule has 0 aliphatic carbocycles. The quantitative estimate of drug-likeness (QED) is 0.627. The Hall–Kier alpha value is -0.890. The molecule has 1 aromatic carbocycles. The first kappa shape index (κ1) is 7.22. The minimum absolute atomic E-state index is 0.252. The van der Waals surface area contributed by atoms with Crippen molar-refractivity contribution in [3.63, 3.8) is 0 Å². The van der Waals surface area contributed by atoms with Gasteiger partial charge in [0.15, 0.2) is 0 Å². The van der Waals surface area contributed by atoms with Crippen LogP contribution in [0.25, 0.3) is 0 Å². The van der Waals surface area contributed by atoms with E-state index in [1.807, 2.05) is 0 Å². The molecule has 2 heteroatoms. The van der Waals surface area contributed by atoms with Crippen LogP contribution in [0.1, 0.15) is 18.5 Å². The van der Waals surface area contributed by atoms with Gasteiger partial charge >= 0.3 is 0 Å². The van der Waals surface area contributed by atoms with Crippen molar-refractivity contribution in [2.75, 3.05) is 0 Å². The Bertz CT molecular complexity index is 220. The van der Waals surface area contributed by atoms with Gasteiger partial charge in [0.05, 0.1) is 0 Å². The second kappa shape index (κ2) is 2.80. The summed E-state index contributed by atoms with van der Waals surface area (Å²) < 4.78 is 12.7. The Kier molecular flexibility index (Phi) is 2.02. The molecule has 0 saturated heterocycles. The van der Waals surface area contributed by atoms with Gasteiger partial charge in [0.25, 0.3) is 0 Å². The molecule has 53 valence electrons. The van der Waals surface area contributed by atoms with Crippen molar-refractivity contribution in [2.24, 2.45) is 5.73 Å². The molecule has 0 aliphatic rings. The average molecular weight is 138 g/mol. The van der Waals surface area contributed by atoms with Crippen LogP contribution in [0.2, 0.25) is 0 Å². The highest BCUT2D eigenvalue weighted by Gasteiger charge is 2.03. The van der Waals surface area contributed by atoms with E-state index in [0.717, 1.165) is 0 Å². The van der Waals surface area contributed by atoms with Crippen molar-refractivity contribution in [2.45, 2.75) is 13.0 Å². The van der Waals surface area contributed by atoms with Gasteiger partial charge in [-0.25, -0.2) is 4.39 Å². The molecular weight excluding hydrogens is 129 g/mol. The van der Waals surface area contributed by atoms with Crippen LogP contribution < -0.4 is 5.73 Å². The summed E-state index contributed by atoms with van der Waals surface area (Å²) >= 11 is 0. The summed E-state index contributed by atoms with van der Waals surface area (Å²) in [4.78, 5) is 0. The van der Waals surface area contributed by atoms with Crippen LogP contribution in [0.5, 0.6) is 0 Å². The number of nitrogens with two attached hydrogens (primary N) is 1. The summed E-state index contributed by atoms with van der Waals surface area (Å²) in [5.41, 5.74) is 5.97. The zero-order valence-electron chi connectivity index (χ0n) is 5.76. The van der Waals surface area contributed by atoms with E-state index in [0.29, 0.717) is 5.56 Å². The molecular formula is C8H9FN. The third-order valence-electron chi connectivity index (χ3n) is 1.33. The summed E-state index contributed by atoms with van der Waals surface area (Å²) in [6.45, 7) is 1.74. The molecule has 0 bridgehead atoms. The summed E-state index contributed by atoms with van der Waals surface area (Å²) in [5, 5.41) is 0. The molecule has 1 nitrogen and oxygen atoms in total. The van der Waals surface area contributed by atoms with Gasteiger partial charge in [-0.3, -0.25) is 0 Å². The maximum atomic E-state index is 12.7. The Morgan fingerprint density at radius 3 is 2.80 bits per heavy atom. The largest absolute Gasteiger partial charge is 0.324 e. The van der Waals surface area contributed by atoms with Crippen LogP contribution in [-0.2, 0) is 0 Å². The molecule has 1 atom stereocenters. The highest BCUT2D eigenvalue weighted by Crippen LogP contribution is 2.12. The molecule has 1 aromatic rings. The SMILES string of the molecule is CC(N)c1c[c]ccc1F. The van der Waals surface area contributed by atoms with Crippen LogP contribution in [0, 0.1) is 11.9 Å².